The van der Waals surface area contributed by atoms with Crippen LogP contribution < -0.4 is 0 Å². The standard InChI is InChI=1S/C24H25F.C23H23F/c1-2-3-4-19-7-13-22(14-8-19)23-15-9-20(10-16-23)5-6-21-11-17-24(25)18-12-21;1-2-3-18-6-12-21(13-7-18)22-14-8-19(9-15-22)4-5-20-10-16-23(24)17-11-20/h7-9,11-14,17-18,23H,2-4,10,15-16H2,1H3;6-8,10-13,16-17,22H,2-3,9,14-15H2,1H3. The van der Waals surface area contributed by atoms with Crippen LogP contribution in [0.1, 0.15) is 117 Å². The van der Waals surface area contributed by atoms with Gasteiger partial charge in [-0.3, -0.25) is 0 Å². The molecule has 4 aromatic carbocycles. The third kappa shape index (κ3) is 11.5. The van der Waals surface area contributed by atoms with Crippen molar-refractivity contribution in [2.75, 3.05) is 0 Å². The summed E-state index contributed by atoms with van der Waals surface area (Å²) in [6.45, 7) is 4.45. The van der Waals surface area contributed by atoms with Gasteiger partial charge in [-0.05, 0) is 152 Å². The Kier molecular flexibility index (Phi) is 13.7. The van der Waals surface area contributed by atoms with Crippen LogP contribution in [0.2, 0.25) is 0 Å². The highest BCUT2D eigenvalue weighted by atomic mass is 19.1. The lowest BCUT2D eigenvalue weighted by atomic mass is 9.84. The van der Waals surface area contributed by atoms with E-state index in [0.29, 0.717) is 11.8 Å². The molecule has 0 heterocycles. The average Bonchev–Trinajstić information content (AvgIpc) is 3.15. The summed E-state index contributed by atoms with van der Waals surface area (Å²) in [5, 5.41) is 0. The van der Waals surface area contributed by atoms with Gasteiger partial charge in [0.2, 0.25) is 0 Å². The van der Waals surface area contributed by atoms with E-state index in [1.54, 1.807) is 24.3 Å². The molecule has 2 atom stereocenters. The van der Waals surface area contributed by atoms with Crippen molar-refractivity contribution in [3.05, 3.63) is 165 Å². The summed E-state index contributed by atoms with van der Waals surface area (Å²) in [5.74, 6) is 13.5. The highest BCUT2D eigenvalue weighted by Crippen LogP contribution is 2.33. The van der Waals surface area contributed by atoms with E-state index < -0.39 is 0 Å². The second kappa shape index (κ2) is 18.8. The molecule has 0 N–H and O–H groups in total. The van der Waals surface area contributed by atoms with Gasteiger partial charge in [0.05, 0.1) is 0 Å². The van der Waals surface area contributed by atoms with Gasteiger partial charge >= 0.3 is 0 Å². The normalized spacial score (nSPS) is 16.8. The van der Waals surface area contributed by atoms with Crippen molar-refractivity contribution in [3.8, 4) is 23.7 Å². The van der Waals surface area contributed by atoms with Gasteiger partial charge in [0.15, 0.2) is 0 Å². The highest BCUT2D eigenvalue weighted by molar-refractivity contribution is 5.43. The first-order valence-corrected chi connectivity index (χ1v) is 18.1. The van der Waals surface area contributed by atoms with Crippen LogP contribution in [-0.2, 0) is 12.8 Å². The molecule has 4 aromatic rings. The Hall–Kier alpha value is -4.66. The van der Waals surface area contributed by atoms with E-state index in [1.807, 2.05) is 0 Å². The molecule has 6 rings (SSSR count). The zero-order valence-corrected chi connectivity index (χ0v) is 29.1. The molecule has 0 fully saturated rings. The predicted molar refractivity (Wildman–Crippen MR) is 201 cm³/mol. The summed E-state index contributed by atoms with van der Waals surface area (Å²) >= 11 is 0. The molecule has 0 aromatic heterocycles. The van der Waals surface area contributed by atoms with Crippen molar-refractivity contribution < 1.29 is 8.78 Å². The molecule has 2 heteroatoms. The van der Waals surface area contributed by atoms with Crippen LogP contribution in [0.3, 0.4) is 0 Å². The topological polar surface area (TPSA) is 0 Å². The Morgan fingerprint density at radius 1 is 0.510 bits per heavy atom. The van der Waals surface area contributed by atoms with Gasteiger partial charge in [0.25, 0.3) is 0 Å². The smallest absolute Gasteiger partial charge is 0.123 e. The van der Waals surface area contributed by atoms with Crippen molar-refractivity contribution >= 4 is 0 Å². The molecule has 0 nitrogen and oxygen atoms in total. The molecule has 0 saturated heterocycles. The van der Waals surface area contributed by atoms with Gasteiger partial charge in [-0.2, -0.15) is 0 Å². The minimum Gasteiger partial charge on any atom is -0.207 e. The minimum absolute atomic E-state index is 0.217. The van der Waals surface area contributed by atoms with E-state index in [-0.39, 0.29) is 11.6 Å². The predicted octanol–water partition coefficient (Wildman–Crippen LogP) is 12.4. The van der Waals surface area contributed by atoms with Crippen LogP contribution in [0.15, 0.2) is 120 Å². The van der Waals surface area contributed by atoms with E-state index in [0.717, 1.165) is 56.1 Å². The number of hydrogen-bond acceptors (Lipinski definition) is 0. The number of unbranched alkanes of at least 4 members (excludes halogenated alkanes) is 1. The van der Waals surface area contributed by atoms with Crippen molar-refractivity contribution in [2.45, 2.75) is 96.3 Å². The largest absolute Gasteiger partial charge is 0.207 e. The Morgan fingerprint density at radius 2 is 0.939 bits per heavy atom. The number of halogens is 2. The molecule has 250 valence electrons. The molecular weight excluding hydrogens is 603 g/mol. The Morgan fingerprint density at radius 3 is 1.31 bits per heavy atom. The monoisotopic (exact) mass is 650 g/mol. The molecule has 2 aliphatic rings. The lowest BCUT2D eigenvalue weighted by Gasteiger charge is -2.20. The van der Waals surface area contributed by atoms with Crippen LogP contribution in [0.4, 0.5) is 8.78 Å². The Balaban J connectivity index is 0.000000191. The highest BCUT2D eigenvalue weighted by Gasteiger charge is 2.16. The SMILES string of the molecule is CCCCc1ccc(C2CC=C(C#Cc3ccc(F)cc3)CC2)cc1.CCCc1ccc(C2CC=C(C#Cc3ccc(F)cc3)CC2)cc1. The summed E-state index contributed by atoms with van der Waals surface area (Å²) in [6, 6.07) is 31.1. The maximum Gasteiger partial charge on any atom is 0.123 e. The van der Waals surface area contributed by atoms with Gasteiger partial charge in [-0.15, -0.1) is 0 Å². The second-order valence-corrected chi connectivity index (χ2v) is 13.3. The van der Waals surface area contributed by atoms with Gasteiger partial charge in [0, 0.05) is 11.1 Å². The third-order valence-corrected chi connectivity index (χ3v) is 9.50. The number of rotatable bonds is 7. The maximum absolute atomic E-state index is 12.9. The van der Waals surface area contributed by atoms with Crippen molar-refractivity contribution in [1.82, 2.24) is 0 Å². The molecular formula is C47H48F2. The number of allylic oxidation sites excluding steroid dienone is 4. The first kappa shape index (κ1) is 35.6. The van der Waals surface area contributed by atoms with Crippen LogP contribution in [0, 0.1) is 35.3 Å². The van der Waals surface area contributed by atoms with Crippen LogP contribution >= 0.6 is 0 Å². The van der Waals surface area contributed by atoms with Crippen LogP contribution in [0.5, 0.6) is 0 Å². The molecule has 0 aliphatic heterocycles. The summed E-state index contributed by atoms with van der Waals surface area (Å²) in [5.41, 5.74) is 9.91. The minimum atomic E-state index is -0.217. The molecule has 0 bridgehead atoms. The average molecular weight is 651 g/mol. The van der Waals surface area contributed by atoms with E-state index in [2.05, 4.69) is 98.2 Å². The third-order valence-electron chi connectivity index (χ3n) is 9.50. The molecule has 0 radical (unpaired) electrons. The fraction of sp³-hybridized carbons (Fsp3) is 0.319. The Bertz CT molecular complexity index is 1800. The quantitative estimate of drug-likeness (QED) is 0.175. The van der Waals surface area contributed by atoms with Gasteiger partial charge in [0.1, 0.15) is 11.6 Å². The van der Waals surface area contributed by atoms with Crippen molar-refractivity contribution in [2.24, 2.45) is 0 Å². The van der Waals surface area contributed by atoms with Gasteiger partial charge in [-0.1, -0.05) is 111 Å². The number of benzene rings is 4. The molecule has 2 unspecified atom stereocenters. The summed E-state index contributed by atoms with van der Waals surface area (Å²) < 4.78 is 25.8. The van der Waals surface area contributed by atoms with E-state index in [9.17, 15) is 8.78 Å². The first-order valence-electron chi connectivity index (χ1n) is 18.1. The fourth-order valence-corrected chi connectivity index (χ4v) is 6.45. The van der Waals surface area contributed by atoms with E-state index in [4.69, 9.17) is 0 Å². The second-order valence-electron chi connectivity index (χ2n) is 13.3. The zero-order valence-electron chi connectivity index (χ0n) is 29.1. The lowest BCUT2D eigenvalue weighted by molar-refractivity contribution is 0.607. The summed E-state index contributed by atoms with van der Waals surface area (Å²) in [6.07, 6.45) is 17.1. The zero-order chi connectivity index (χ0) is 34.3. The van der Waals surface area contributed by atoms with Crippen molar-refractivity contribution in [3.63, 3.8) is 0 Å². The van der Waals surface area contributed by atoms with Gasteiger partial charge in [-0.25, -0.2) is 8.78 Å². The van der Waals surface area contributed by atoms with Crippen LogP contribution in [-0.4, -0.2) is 0 Å². The van der Waals surface area contributed by atoms with E-state index in [1.165, 1.54) is 83.3 Å². The molecule has 0 saturated carbocycles. The molecule has 2 aliphatic carbocycles. The number of aryl methyl sites for hydroxylation is 2. The molecule has 49 heavy (non-hydrogen) atoms. The summed E-state index contributed by atoms with van der Waals surface area (Å²) in [7, 11) is 0. The van der Waals surface area contributed by atoms with E-state index >= 15 is 0 Å². The number of hydrogen-bond donors (Lipinski definition) is 0. The Labute approximate surface area is 293 Å². The van der Waals surface area contributed by atoms with Crippen LogP contribution in [0.25, 0.3) is 0 Å². The molecule has 0 amide bonds. The summed E-state index contributed by atoms with van der Waals surface area (Å²) in [4.78, 5) is 0. The maximum atomic E-state index is 12.9. The fourth-order valence-electron chi connectivity index (χ4n) is 6.45. The first-order chi connectivity index (χ1) is 24.0. The lowest BCUT2D eigenvalue weighted by Crippen LogP contribution is -2.04. The van der Waals surface area contributed by atoms with Crippen molar-refractivity contribution in [1.29, 1.82) is 0 Å². The molecule has 0 spiro atoms. The van der Waals surface area contributed by atoms with Gasteiger partial charge < -0.3 is 0 Å².